The molecule has 3 heteroatoms. The largest absolute Gasteiger partial charge is 0.497 e. The fraction of sp³-hybridized carbons (Fsp3) is 0.600. The number of benzene rings is 1. The summed E-state index contributed by atoms with van der Waals surface area (Å²) in [5.41, 5.74) is 1.25. The van der Waals surface area contributed by atoms with Gasteiger partial charge in [0.05, 0.1) is 13.7 Å². The molecular weight excluding hydrogens is 226 g/mol. The topological polar surface area (TPSA) is 30.5 Å². The summed E-state index contributed by atoms with van der Waals surface area (Å²) in [6.07, 6.45) is 5.22. The molecule has 1 unspecified atom stereocenters. The summed E-state index contributed by atoms with van der Waals surface area (Å²) in [5, 5.41) is 3.66. The van der Waals surface area contributed by atoms with Crippen LogP contribution in [0.25, 0.3) is 0 Å². The second-order valence-corrected chi connectivity index (χ2v) is 5.28. The Labute approximate surface area is 108 Å². The third-order valence-corrected chi connectivity index (χ3v) is 3.90. The van der Waals surface area contributed by atoms with Crippen molar-refractivity contribution in [1.82, 2.24) is 5.32 Å². The highest BCUT2D eigenvalue weighted by atomic mass is 16.5. The van der Waals surface area contributed by atoms with Crippen molar-refractivity contribution in [3.8, 4) is 11.5 Å². The fourth-order valence-corrected chi connectivity index (χ4v) is 2.58. The van der Waals surface area contributed by atoms with Gasteiger partial charge in [-0.3, -0.25) is 0 Å². The molecule has 3 rings (SSSR count). The standard InChI is InChI=1S/C15H21NO2/c1-17-12-4-5-15-13(10-12)14(7-9-18-15)16-8-6-11-2-3-11/h4-5,10-11,14,16H,2-3,6-9H2,1H3. The highest BCUT2D eigenvalue weighted by Crippen LogP contribution is 2.35. The first kappa shape index (κ1) is 11.8. The summed E-state index contributed by atoms with van der Waals surface area (Å²) < 4.78 is 11.0. The van der Waals surface area contributed by atoms with E-state index in [0.717, 1.165) is 37.0 Å². The quantitative estimate of drug-likeness (QED) is 0.868. The third kappa shape index (κ3) is 2.61. The van der Waals surface area contributed by atoms with Crippen LogP contribution < -0.4 is 14.8 Å². The lowest BCUT2D eigenvalue weighted by Gasteiger charge is -2.27. The Morgan fingerprint density at radius 3 is 3.00 bits per heavy atom. The first-order valence-electron chi connectivity index (χ1n) is 6.91. The second kappa shape index (κ2) is 5.19. The van der Waals surface area contributed by atoms with Crippen LogP contribution in [0, 0.1) is 5.92 Å². The second-order valence-electron chi connectivity index (χ2n) is 5.28. The predicted molar refractivity (Wildman–Crippen MR) is 71.2 cm³/mol. The van der Waals surface area contributed by atoms with E-state index in [1.165, 1.54) is 24.8 Å². The minimum Gasteiger partial charge on any atom is -0.497 e. The van der Waals surface area contributed by atoms with Crippen molar-refractivity contribution in [3.05, 3.63) is 23.8 Å². The molecule has 1 aromatic rings. The number of hydrogen-bond acceptors (Lipinski definition) is 3. The lowest BCUT2D eigenvalue weighted by atomic mass is 10.00. The van der Waals surface area contributed by atoms with Gasteiger partial charge in [0.1, 0.15) is 11.5 Å². The van der Waals surface area contributed by atoms with Crippen LogP contribution >= 0.6 is 0 Å². The Morgan fingerprint density at radius 2 is 2.22 bits per heavy atom. The molecule has 18 heavy (non-hydrogen) atoms. The molecule has 0 radical (unpaired) electrons. The van der Waals surface area contributed by atoms with E-state index in [1.54, 1.807) is 7.11 Å². The summed E-state index contributed by atoms with van der Waals surface area (Å²) in [5.74, 6) is 2.90. The molecule has 98 valence electrons. The highest BCUT2D eigenvalue weighted by molar-refractivity contribution is 5.43. The van der Waals surface area contributed by atoms with Crippen LogP contribution in [0.4, 0.5) is 0 Å². The highest BCUT2D eigenvalue weighted by Gasteiger charge is 2.24. The van der Waals surface area contributed by atoms with Gasteiger partial charge in [0.15, 0.2) is 0 Å². The van der Waals surface area contributed by atoms with E-state index >= 15 is 0 Å². The van der Waals surface area contributed by atoms with Crippen molar-refractivity contribution in [3.63, 3.8) is 0 Å². The van der Waals surface area contributed by atoms with Crippen LogP contribution in [0.5, 0.6) is 11.5 Å². The van der Waals surface area contributed by atoms with Gasteiger partial charge in [0.25, 0.3) is 0 Å². The predicted octanol–water partition coefficient (Wildman–Crippen LogP) is 2.91. The smallest absolute Gasteiger partial charge is 0.124 e. The van der Waals surface area contributed by atoms with Crippen molar-refractivity contribution >= 4 is 0 Å². The van der Waals surface area contributed by atoms with Gasteiger partial charge >= 0.3 is 0 Å². The van der Waals surface area contributed by atoms with Crippen molar-refractivity contribution in [2.75, 3.05) is 20.3 Å². The Kier molecular flexibility index (Phi) is 3.41. The zero-order valence-corrected chi connectivity index (χ0v) is 10.9. The van der Waals surface area contributed by atoms with Crippen molar-refractivity contribution in [2.24, 2.45) is 5.92 Å². The van der Waals surface area contributed by atoms with Gasteiger partial charge in [-0.05, 0) is 37.1 Å². The van der Waals surface area contributed by atoms with Crippen molar-refractivity contribution in [1.29, 1.82) is 0 Å². The van der Waals surface area contributed by atoms with E-state index < -0.39 is 0 Å². The lowest BCUT2D eigenvalue weighted by molar-refractivity contribution is 0.251. The number of hydrogen-bond donors (Lipinski definition) is 1. The monoisotopic (exact) mass is 247 g/mol. The Morgan fingerprint density at radius 1 is 1.33 bits per heavy atom. The molecule has 2 aliphatic rings. The van der Waals surface area contributed by atoms with E-state index in [4.69, 9.17) is 9.47 Å². The van der Waals surface area contributed by atoms with Gasteiger partial charge in [-0.15, -0.1) is 0 Å². The molecular formula is C15H21NO2. The van der Waals surface area contributed by atoms with Crippen LogP contribution in [0.2, 0.25) is 0 Å². The number of methoxy groups -OCH3 is 1. The van der Waals surface area contributed by atoms with Crippen LogP contribution in [0.3, 0.4) is 0 Å². The minimum absolute atomic E-state index is 0.419. The van der Waals surface area contributed by atoms with E-state index in [1.807, 2.05) is 12.1 Å². The van der Waals surface area contributed by atoms with E-state index in [0.29, 0.717) is 6.04 Å². The molecule has 3 nitrogen and oxygen atoms in total. The summed E-state index contributed by atoms with van der Waals surface area (Å²) in [4.78, 5) is 0. The van der Waals surface area contributed by atoms with Crippen molar-refractivity contribution in [2.45, 2.75) is 31.7 Å². The molecule has 1 N–H and O–H groups in total. The molecule has 0 amide bonds. The third-order valence-electron chi connectivity index (χ3n) is 3.90. The lowest BCUT2D eigenvalue weighted by Crippen LogP contribution is -2.28. The number of nitrogens with one attached hydrogen (secondary N) is 1. The molecule has 1 fully saturated rings. The van der Waals surface area contributed by atoms with Gasteiger partial charge in [-0.1, -0.05) is 12.8 Å². The Hall–Kier alpha value is -1.22. The molecule has 1 aliphatic carbocycles. The van der Waals surface area contributed by atoms with Gasteiger partial charge in [0, 0.05) is 18.0 Å². The first-order chi connectivity index (χ1) is 8.86. The van der Waals surface area contributed by atoms with Gasteiger partial charge in [0.2, 0.25) is 0 Å². The van der Waals surface area contributed by atoms with Crippen LogP contribution in [-0.2, 0) is 0 Å². The van der Waals surface area contributed by atoms with Gasteiger partial charge in [-0.25, -0.2) is 0 Å². The maximum Gasteiger partial charge on any atom is 0.124 e. The molecule has 1 aromatic carbocycles. The molecule has 0 aromatic heterocycles. The molecule has 0 bridgehead atoms. The molecule has 0 spiro atoms. The van der Waals surface area contributed by atoms with Crippen LogP contribution in [0.15, 0.2) is 18.2 Å². The van der Waals surface area contributed by atoms with Gasteiger partial charge < -0.3 is 14.8 Å². The summed E-state index contributed by atoms with van der Waals surface area (Å²) in [7, 11) is 1.71. The molecule has 1 aliphatic heterocycles. The number of rotatable bonds is 5. The average Bonchev–Trinajstić information content (AvgIpc) is 3.22. The van der Waals surface area contributed by atoms with Crippen molar-refractivity contribution < 1.29 is 9.47 Å². The normalized spacial score (nSPS) is 22.2. The SMILES string of the molecule is COc1ccc2c(c1)C(NCCC1CC1)CCO2. The fourth-order valence-electron chi connectivity index (χ4n) is 2.58. The Bertz CT molecular complexity index is 415. The van der Waals surface area contributed by atoms with E-state index in [9.17, 15) is 0 Å². The summed E-state index contributed by atoms with van der Waals surface area (Å²) in [6, 6.07) is 6.50. The molecule has 0 saturated heterocycles. The zero-order valence-electron chi connectivity index (χ0n) is 10.9. The van der Waals surface area contributed by atoms with Crippen LogP contribution in [0.1, 0.15) is 37.3 Å². The number of fused-ring (bicyclic) bond motifs is 1. The zero-order chi connectivity index (χ0) is 12.4. The first-order valence-corrected chi connectivity index (χ1v) is 6.91. The summed E-state index contributed by atoms with van der Waals surface area (Å²) in [6.45, 7) is 1.92. The molecule has 1 saturated carbocycles. The number of ether oxygens (including phenoxy) is 2. The maximum absolute atomic E-state index is 5.70. The van der Waals surface area contributed by atoms with Gasteiger partial charge in [-0.2, -0.15) is 0 Å². The van der Waals surface area contributed by atoms with E-state index in [-0.39, 0.29) is 0 Å². The maximum atomic E-state index is 5.70. The summed E-state index contributed by atoms with van der Waals surface area (Å²) >= 11 is 0. The van der Waals surface area contributed by atoms with E-state index in [2.05, 4.69) is 11.4 Å². The molecule has 1 atom stereocenters. The minimum atomic E-state index is 0.419. The molecule has 1 heterocycles. The Balaban J connectivity index is 1.68. The van der Waals surface area contributed by atoms with Crippen LogP contribution in [-0.4, -0.2) is 20.3 Å². The average molecular weight is 247 g/mol.